The molecule has 2 saturated heterocycles. The predicted molar refractivity (Wildman–Crippen MR) is 44.7 cm³/mol. The Kier molecular flexibility index (Phi) is 2.05. The van der Waals surface area contributed by atoms with Crippen molar-refractivity contribution < 1.29 is 9.53 Å². The maximum atomic E-state index is 11.3. The van der Waals surface area contributed by atoms with Gasteiger partial charge in [0.25, 0.3) is 0 Å². The monoisotopic (exact) mass is 169 g/mol. The van der Waals surface area contributed by atoms with E-state index in [0.717, 1.165) is 13.1 Å². The van der Waals surface area contributed by atoms with Gasteiger partial charge >= 0.3 is 5.97 Å². The first-order chi connectivity index (χ1) is 5.81. The third-order valence-electron chi connectivity index (χ3n) is 3.07. The lowest BCUT2D eigenvalue weighted by Gasteiger charge is -2.21. The number of carbonyl (C=O) groups is 1. The molecule has 0 aromatic rings. The first kappa shape index (κ1) is 8.05. The number of hydrogen-bond acceptors (Lipinski definition) is 3. The number of piperidine rings is 1. The first-order valence-electron chi connectivity index (χ1n) is 4.61. The molecule has 2 bridgehead atoms. The van der Waals surface area contributed by atoms with Crippen LogP contribution in [-0.4, -0.2) is 37.6 Å². The van der Waals surface area contributed by atoms with E-state index in [9.17, 15) is 4.79 Å². The molecule has 0 saturated carbocycles. The minimum absolute atomic E-state index is 0.00981. The number of ether oxygens (including phenoxy) is 1. The second kappa shape index (κ2) is 3.05. The lowest BCUT2D eigenvalue weighted by atomic mass is 9.91. The summed E-state index contributed by atoms with van der Waals surface area (Å²) in [4.78, 5) is 13.7. The van der Waals surface area contributed by atoms with Gasteiger partial charge in [0, 0.05) is 13.1 Å². The van der Waals surface area contributed by atoms with Crippen LogP contribution in [0.1, 0.15) is 12.8 Å². The lowest BCUT2D eigenvalue weighted by Crippen LogP contribution is -2.25. The van der Waals surface area contributed by atoms with Gasteiger partial charge < -0.3 is 9.64 Å². The normalized spacial score (nSPS) is 39.6. The zero-order valence-corrected chi connectivity index (χ0v) is 7.45. The Morgan fingerprint density at radius 1 is 1.50 bits per heavy atom. The van der Waals surface area contributed by atoms with E-state index in [1.165, 1.54) is 26.5 Å². The van der Waals surface area contributed by atoms with E-state index < -0.39 is 0 Å². The Morgan fingerprint density at radius 2 is 2.33 bits per heavy atom. The fraction of sp³-hybridized carbons (Fsp3) is 0.889. The van der Waals surface area contributed by atoms with Crippen LogP contribution in [0.25, 0.3) is 0 Å². The van der Waals surface area contributed by atoms with Gasteiger partial charge in [-0.1, -0.05) is 0 Å². The van der Waals surface area contributed by atoms with E-state index >= 15 is 0 Å². The Labute approximate surface area is 72.7 Å². The van der Waals surface area contributed by atoms with Crippen LogP contribution in [0.5, 0.6) is 0 Å². The van der Waals surface area contributed by atoms with Gasteiger partial charge in [-0.25, -0.2) is 0 Å². The van der Waals surface area contributed by atoms with Crippen molar-refractivity contribution in [2.45, 2.75) is 12.8 Å². The van der Waals surface area contributed by atoms with Crippen molar-refractivity contribution >= 4 is 5.97 Å². The first-order valence-corrected chi connectivity index (χ1v) is 4.61. The molecule has 0 spiro atoms. The van der Waals surface area contributed by atoms with Gasteiger partial charge in [-0.15, -0.1) is 0 Å². The molecule has 0 radical (unpaired) electrons. The maximum absolute atomic E-state index is 11.3. The summed E-state index contributed by atoms with van der Waals surface area (Å²) in [5.41, 5.74) is 0. The molecule has 2 aliphatic rings. The van der Waals surface area contributed by atoms with Crippen molar-refractivity contribution in [1.29, 1.82) is 0 Å². The van der Waals surface area contributed by atoms with Gasteiger partial charge in [0.05, 0.1) is 13.0 Å². The van der Waals surface area contributed by atoms with Gasteiger partial charge in [0.15, 0.2) is 0 Å². The molecule has 0 amide bonds. The Balaban J connectivity index is 2.04. The van der Waals surface area contributed by atoms with Crippen molar-refractivity contribution in [2.24, 2.45) is 11.8 Å². The van der Waals surface area contributed by atoms with Crippen LogP contribution in [0.2, 0.25) is 0 Å². The minimum atomic E-state index is -0.00981. The molecular formula is C9H15NO2. The van der Waals surface area contributed by atoms with E-state index in [0.29, 0.717) is 5.92 Å². The lowest BCUT2D eigenvalue weighted by molar-refractivity contribution is -0.146. The molecule has 0 aromatic heterocycles. The average molecular weight is 169 g/mol. The molecule has 1 unspecified atom stereocenters. The number of nitrogens with zero attached hydrogens (tertiary/aromatic N) is 1. The van der Waals surface area contributed by atoms with Crippen LogP contribution in [0.15, 0.2) is 0 Å². The second-order valence-electron chi connectivity index (χ2n) is 3.79. The highest BCUT2D eigenvalue weighted by atomic mass is 16.5. The molecule has 2 fully saturated rings. The van der Waals surface area contributed by atoms with Crippen LogP contribution in [-0.2, 0) is 9.53 Å². The third kappa shape index (κ3) is 1.22. The summed E-state index contributed by atoms with van der Waals surface area (Å²) in [5, 5.41) is 0. The van der Waals surface area contributed by atoms with E-state index in [1.807, 2.05) is 0 Å². The summed E-state index contributed by atoms with van der Waals surface area (Å²) in [6.07, 6.45) is 2.45. The highest BCUT2D eigenvalue weighted by molar-refractivity contribution is 5.73. The standard InChI is InChI=1S/C9H15NO2/c1-12-9(11)8-6-10-4-2-3-7(8)5-10/h7-8H,2-6H2,1H3/t7-,8-/m1/s1. The van der Waals surface area contributed by atoms with Crippen LogP contribution in [0.4, 0.5) is 0 Å². The van der Waals surface area contributed by atoms with Gasteiger partial charge in [0.1, 0.15) is 0 Å². The number of esters is 1. The number of methoxy groups -OCH3 is 1. The smallest absolute Gasteiger partial charge is 0.310 e. The fourth-order valence-electron chi connectivity index (χ4n) is 2.43. The van der Waals surface area contributed by atoms with Crippen molar-refractivity contribution in [3.63, 3.8) is 0 Å². The second-order valence-corrected chi connectivity index (χ2v) is 3.79. The predicted octanol–water partition coefficient (Wildman–Crippen LogP) is 0.501. The van der Waals surface area contributed by atoms with E-state index in [1.54, 1.807) is 0 Å². The summed E-state index contributed by atoms with van der Waals surface area (Å²) >= 11 is 0. The molecule has 3 nitrogen and oxygen atoms in total. The van der Waals surface area contributed by atoms with Crippen LogP contribution in [0, 0.1) is 11.8 Å². The Bertz CT molecular complexity index is 193. The minimum Gasteiger partial charge on any atom is -0.469 e. The SMILES string of the molecule is COC(=O)[C@@H]1CN2CCC[C@@H]1C2. The van der Waals surface area contributed by atoms with E-state index in [4.69, 9.17) is 4.74 Å². The quantitative estimate of drug-likeness (QED) is 0.535. The molecule has 2 rings (SSSR count). The molecule has 0 aromatic carbocycles. The summed E-state index contributed by atoms with van der Waals surface area (Å²) in [6.45, 7) is 3.21. The largest absolute Gasteiger partial charge is 0.469 e. The van der Waals surface area contributed by atoms with Gasteiger partial charge in [-0.3, -0.25) is 4.79 Å². The molecule has 0 N–H and O–H groups in total. The Morgan fingerprint density at radius 3 is 3.00 bits per heavy atom. The number of hydrogen-bond donors (Lipinski definition) is 0. The summed E-state index contributed by atoms with van der Waals surface area (Å²) in [5.74, 6) is 0.730. The highest BCUT2D eigenvalue weighted by Crippen LogP contribution is 2.32. The molecule has 12 heavy (non-hydrogen) atoms. The summed E-state index contributed by atoms with van der Waals surface area (Å²) in [7, 11) is 1.49. The van der Waals surface area contributed by atoms with Crippen LogP contribution in [0.3, 0.4) is 0 Å². The number of rotatable bonds is 1. The molecular weight excluding hydrogens is 154 g/mol. The molecule has 3 heteroatoms. The summed E-state index contributed by atoms with van der Waals surface area (Å²) < 4.78 is 4.78. The molecule has 3 atom stereocenters. The van der Waals surface area contributed by atoms with Crippen LogP contribution >= 0.6 is 0 Å². The molecule has 2 aliphatic heterocycles. The van der Waals surface area contributed by atoms with Gasteiger partial charge in [-0.2, -0.15) is 0 Å². The van der Waals surface area contributed by atoms with Crippen molar-refractivity contribution in [2.75, 3.05) is 26.7 Å². The summed E-state index contributed by atoms with van der Waals surface area (Å²) in [6, 6.07) is 0. The van der Waals surface area contributed by atoms with Crippen molar-refractivity contribution in [3.05, 3.63) is 0 Å². The Hall–Kier alpha value is -0.570. The topological polar surface area (TPSA) is 29.5 Å². The highest BCUT2D eigenvalue weighted by Gasteiger charge is 2.39. The zero-order chi connectivity index (χ0) is 8.55. The van der Waals surface area contributed by atoms with E-state index in [2.05, 4.69) is 4.90 Å². The van der Waals surface area contributed by atoms with Gasteiger partial charge in [-0.05, 0) is 25.3 Å². The molecule has 68 valence electrons. The third-order valence-corrected chi connectivity index (χ3v) is 3.07. The average Bonchev–Trinajstić information content (AvgIpc) is 2.40. The molecule has 2 heterocycles. The zero-order valence-electron chi connectivity index (χ0n) is 7.45. The van der Waals surface area contributed by atoms with Gasteiger partial charge in [0.2, 0.25) is 0 Å². The van der Waals surface area contributed by atoms with Crippen molar-refractivity contribution in [3.8, 4) is 0 Å². The number of carbonyl (C=O) groups excluding carboxylic acids is 1. The van der Waals surface area contributed by atoms with E-state index in [-0.39, 0.29) is 11.9 Å². The van der Waals surface area contributed by atoms with Crippen molar-refractivity contribution in [1.82, 2.24) is 4.90 Å². The fourth-order valence-corrected chi connectivity index (χ4v) is 2.43. The maximum Gasteiger partial charge on any atom is 0.310 e. The van der Waals surface area contributed by atoms with Crippen LogP contribution < -0.4 is 0 Å². The number of fused-ring (bicyclic) bond motifs is 2. The molecule has 0 aliphatic carbocycles.